The molecule has 274 valence electrons. The summed E-state index contributed by atoms with van der Waals surface area (Å²) in [6.07, 6.45) is -4.97. The van der Waals surface area contributed by atoms with E-state index < -0.39 is 85.2 Å². The number of nitrogens with zero attached hydrogens (tertiary/aromatic N) is 2. The van der Waals surface area contributed by atoms with E-state index in [0.717, 1.165) is 11.1 Å². The van der Waals surface area contributed by atoms with Crippen molar-refractivity contribution in [2.75, 3.05) is 39.7 Å². The molecule has 6 N–H and O–H groups in total. The number of amides is 2. The summed E-state index contributed by atoms with van der Waals surface area (Å²) in [6, 6.07) is 5.52. The topological polar surface area (TPSA) is 226 Å². The molecule has 0 spiro atoms. The summed E-state index contributed by atoms with van der Waals surface area (Å²) in [4.78, 5) is 49.4. The van der Waals surface area contributed by atoms with Gasteiger partial charge in [-0.25, -0.2) is 0 Å². The van der Waals surface area contributed by atoms with Crippen molar-refractivity contribution in [3.8, 4) is 0 Å². The maximum absolute atomic E-state index is 14.7. The summed E-state index contributed by atoms with van der Waals surface area (Å²) in [7, 11) is 0. The van der Waals surface area contributed by atoms with Gasteiger partial charge in [0.15, 0.2) is 12.3 Å². The molecule has 12 atom stereocenters. The summed E-state index contributed by atoms with van der Waals surface area (Å²) in [5, 5.41) is 52.7. The van der Waals surface area contributed by atoms with Gasteiger partial charge in [-0.1, -0.05) is 36.4 Å². The first-order chi connectivity index (χ1) is 24.2. The van der Waals surface area contributed by atoms with Gasteiger partial charge in [0.1, 0.15) is 67.1 Å². The predicted molar refractivity (Wildman–Crippen MR) is 166 cm³/mol. The molecule has 17 heteroatoms. The highest BCUT2D eigenvalue weighted by molar-refractivity contribution is 5.96. The Balaban J connectivity index is 1.05. The first-order valence-electron chi connectivity index (χ1n) is 16.9. The zero-order valence-electron chi connectivity index (χ0n) is 27.2. The molecule has 0 aromatic heterocycles. The zero-order chi connectivity index (χ0) is 35.2. The summed E-state index contributed by atoms with van der Waals surface area (Å²) < 4.78 is 28.4. The van der Waals surface area contributed by atoms with Crippen LogP contribution in [0.3, 0.4) is 0 Å². The molecule has 0 radical (unpaired) electrons. The van der Waals surface area contributed by atoms with Crippen molar-refractivity contribution in [1.82, 2.24) is 15.3 Å². The van der Waals surface area contributed by atoms with Gasteiger partial charge in [-0.15, -0.1) is 0 Å². The summed E-state index contributed by atoms with van der Waals surface area (Å²) >= 11 is 0. The van der Waals surface area contributed by atoms with Gasteiger partial charge in [0.25, 0.3) is 0 Å². The van der Waals surface area contributed by atoms with Crippen molar-refractivity contribution < 1.29 is 68.4 Å². The SMILES string of the molecule is O=C(NCCO)[C@H]1CCCN1C(=O)[C@@]12C[C@H]3OC(=O)[C@@H]1N(Cc1ccc(C=CCO[C@H]4O[C@H](CO)[C@H](O)[C@H](O)[C@H]4O)cc1)O[C@@H]2[C@H]1OCO[C@H]13. The molecule has 1 aliphatic carbocycles. The second-order valence-corrected chi connectivity index (χ2v) is 13.4. The minimum Gasteiger partial charge on any atom is -0.458 e. The Morgan fingerprint density at radius 3 is 2.60 bits per heavy atom. The van der Waals surface area contributed by atoms with Gasteiger partial charge in [-0.3, -0.25) is 19.2 Å². The van der Waals surface area contributed by atoms with Crippen molar-refractivity contribution in [3.05, 3.63) is 41.5 Å². The van der Waals surface area contributed by atoms with Crippen LogP contribution in [0.5, 0.6) is 0 Å². The molecule has 6 fully saturated rings. The fourth-order valence-electron chi connectivity index (χ4n) is 8.11. The standard InChI is InChI=1S/C33H43N3O14/c37-11-9-34-29(42)19-4-1-10-35(19)32(44)33-13-20-25-26(47-16-46-25)28(33)50-36(27(33)30(43)48-20)14-18-7-5-17(6-8-18)3-2-12-45-31-24(41)23(40)22(39)21(15-38)49-31/h2-3,5-8,19-28,31,37-41H,1,4,9-16H2,(H,34,42)/t19-,20-,21-,22+,23+,24-,25+,26+,27+,28-,31+,33+/m1/s1. The largest absolute Gasteiger partial charge is 0.458 e. The average molecular weight is 706 g/mol. The molecule has 0 unspecified atom stereocenters. The lowest BCUT2D eigenvalue weighted by Crippen LogP contribution is -2.70. The minimum atomic E-state index is -1.53. The van der Waals surface area contributed by atoms with Gasteiger partial charge >= 0.3 is 5.97 Å². The number of carbonyl (C=O) groups excluding carboxylic acids is 3. The minimum absolute atomic E-state index is 0.00323. The Kier molecular flexibility index (Phi) is 10.3. The second-order valence-electron chi connectivity index (χ2n) is 13.4. The van der Waals surface area contributed by atoms with Crippen LogP contribution in [0.25, 0.3) is 6.08 Å². The molecule has 2 bridgehead atoms. The van der Waals surface area contributed by atoms with E-state index in [9.17, 15) is 39.9 Å². The smallest absolute Gasteiger partial charge is 0.327 e. The number of hydroxylamine groups is 2. The normalized spacial score (nSPS) is 39.5. The van der Waals surface area contributed by atoms with Gasteiger partial charge in [-0.05, 0) is 24.0 Å². The third-order valence-electron chi connectivity index (χ3n) is 10.5. The number of hydrogen-bond donors (Lipinski definition) is 6. The summed E-state index contributed by atoms with van der Waals surface area (Å²) in [6.45, 7) is -0.264. The molecule has 50 heavy (non-hydrogen) atoms. The Morgan fingerprint density at radius 1 is 1.06 bits per heavy atom. The molecule has 1 saturated carbocycles. The van der Waals surface area contributed by atoms with Gasteiger partial charge in [0.2, 0.25) is 11.8 Å². The van der Waals surface area contributed by atoms with E-state index in [0.29, 0.717) is 19.4 Å². The molecule has 7 rings (SSSR count). The van der Waals surface area contributed by atoms with Crippen LogP contribution in [0.2, 0.25) is 0 Å². The number of benzene rings is 1. The zero-order valence-corrected chi connectivity index (χ0v) is 27.2. The van der Waals surface area contributed by atoms with Crippen molar-refractivity contribution >= 4 is 23.9 Å². The predicted octanol–water partition coefficient (Wildman–Crippen LogP) is -2.84. The van der Waals surface area contributed by atoms with Crippen LogP contribution in [-0.4, -0.2) is 160 Å². The van der Waals surface area contributed by atoms with Crippen LogP contribution in [-0.2, 0) is 49.5 Å². The maximum Gasteiger partial charge on any atom is 0.327 e. The van der Waals surface area contributed by atoms with E-state index in [1.807, 2.05) is 24.3 Å². The summed E-state index contributed by atoms with van der Waals surface area (Å²) in [5.74, 6) is -1.32. The third-order valence-corrected chi connectivity index (χ3v) is 10.5. The first kappa shape index (κ1) is 35.3. The number of carbonyl (C=O) groups is 3. The molecule has 1 aromatic rings. The Bertz CT molecular complexity index is 1440. The average Bonchev–Trinajstić information content (AvgIpc) is 3.88. The number of likely N-dealkylation sites (tertiary alicyclic amines) is 1. The fraction of sp³-hybridized carbons (Fsp3) is 0.667. The number of aliphatic hydroxyl groups is 5. The van der Waals surface area contributed by atoms with Crippen LogP contribution < -0.4 is 5.32 Å². The number of rotatable bonds is 11. The van der Waals surface area contributed by atoms with Crippen LogP contribution in [0.1, 0.15) is 30.4 Å². The van der Waals surface area contributed by atoms with Crippen molar-refractivity contribution in [2.45, 2.75) is 93.0 Å². The van der Waals surface area contributed by atoms with E-state index in [-0.39, 0.29) is 51.3 Å². The number of fused-ring (bicyclic) bond motifs is 4. The van der Waals surface area contributed by atoms with Crippen LogP contribution in [0, 0.1) is 5.41 Å². The highest BCUT2D eigenvalue weighted by atomic mass is 16.8. The Labute approximate surface area is 287 Å². The summed E-state index contributed by atoms with van der Waals surface area (Å²) in [5.41, 5.74) is 0.198. The first-order valence-corrected chi connectivity index (χ1v) is 16.9. The number of esters is 1. The van der Waals surface area contributed by atoms with E-state index in [4.69, 9.17) is 28.5 Å². The number of hydrogen-bond acceptors (Lipinski definition) is 15. The lowest BCUT2D eigenvalue weighted by molar-refractivity contribution is -0.298. The maximum atomic E-state index is 14.7. The van der Waals surface area contributed by atoms with Gasteiger partial charge in [0, 0.05) is 19.5 Å². The lowest BCUT2D eigenvalue weighted by Gasteiger charge is -2.50. The quantitative estimate of drug-likeness (QED) is 0.128. The molecule has 5 aliphatic heterocycles. The van der Waals surface area contributed by atoms with Gasteiger partial charge in [0.05, 0.1) is 26.4 Å². The van der Waals surface area contributed by atoms with Crippen LogP contribution in [0.15, 0.2) is 30.3 Å². The van der Waals surface area contributed by atoms with E-state index in [1.165, 1.54) is 9.96 Å². The molecular weight excluding hydrogens is 662 g/mol. The number of nitrogens with one attached hydrogen (secondary N) is 1. The highest BCUT2D eigenvalue weighted by Crippen LogP contribution is 2.56. The highest BCUT2D eigenvalue weighted by Gasteiger charge is 2.75. The van der Waals surface area contributed by atoms with Gasteiger partial charge in [-0.2, -0.15) is 5.06 Å². The molecule has 17 nitrogen and oxygen atoms in total. The molecule has 2 amide bonds. The second kappa shape index (κ2) is 14.5. The van der Waals surface area contributed by atoms with Crippen molar-refractivity contribution in [1.29, 1.82) is 0 Å². The lowest BCUT2D eigenvalue weighted by atomic mass is 9.62. The van der Waals surface area contributed by atoms with Crippen LogP contribution >= 0.6 is 0 Å². The number of ether oxygens (including phenoxy) is 5. The van der Waals surface area contributed by atoms with Crippen LogP contribution in [0.4, 0.5) is 0 Å². The Morgan fingerprint density at radius 2 is 1.84 bits per heavy atom. The van der Waals surface area contributed by atoms with Crippen molar-refractivity contribution in [3.63, 3.8) is 0 Å². The van der Waals surface area contributed by atoms with Crippen molar-refractivity contribution in [2.24, 2.45) is 5.41 Å². The molecule has 1 aromatic carbocycles. The molecule has 6 aliphatic rings. The Hall–Kier alpha value is -3.07. The van der Waals surface area contributed by atoms with Gasteiger partial charge < -0.3 is 59.4 Å². The molecule has 5 saturated heterocycles. The van der Waals surface area contributed by atoms with E-state index >= 15 is 0 Å². The monoisotopic (exact) mass is 705 g/mol. The number of aliphatic hydroxyl groups excluding tert-OH is 5. The fourth-order valence-corrected chi connectivity index (χ4v) is 8.11. The van der Waals surface area contributed by atoms with E-state index in [1.54, 1.807) is 12.2 Å². The van der Waals surface area contributed by atoms with E-state index in [2.05, 4.69) is 5.32 Å². The third kappa shape index (κ3) is 6.13. The molecule has 5 heterocycles. The molecular formula is C33H43N3O14.